The fraction of sp³-hybridized carbons (Fsp3) is 0.333. The minimum Gasteiger partial charge on any atom is -0.384 e. The Morgan fingerprint density at radius 3 is 2.80 bits per heavy atom. The zero-order valence-electron chi connectivity index (χ0n) is 12.0. The van der Waals surface area contributed by atoms with Crippen LogP contribution in [0.15, 0.2) is 48.5 Å². The molecule has 20 heavy (non-hydrogen) atoms. The largest absolute Gasteiger partial charge is 0.384 e. The molecule has 1 unspecified atom stereocenters. The summed E-state index contributed by atoms with van der Waals surface area (Å²) < 4.78 is 0. The molecule has 2 heteroatoms. The number of hydrogen-bond donors (Lipinski definition) is 2. The van der Waals surface area contributed by atoms with E-state index >= 15 is 0 Å². The van der Waals surface area contributed by atoms with Crippen molar-refractivity contribution in [3.05, 3.63) is 65.2 Å². The van der Waals surface area contributed by atoms with E-state index in [4.69, 9.17) is 0 Å². The van der Waals surface area contributed by atoms with Gasteiger partial charge >= 0.3 is 0 Å². The van der Waals surface area contributed by atoms with Gasteiger partial charge < -0.3 is 10.6 Å². The van der Waals surface area contributed by atoms with Gasteiger partial charge in [-0.3, -0.25) is 0 Å². The second-order valence-corrected chi connectivity index (χ2v) is 5.57. The molecular formula is C18H22N2. The molecule has 0 radical (unpaired) electrons. The summed E-state index contributed by atoms with van der Waals surface area (Å²) >= 11 is 0. The molecule has 0 aromatic heterocycles. The summed E-state index contributed by atoms with van der Waals surface area (Å²) in [5.41, 5.74) is 5.60. The van der Waals surface area contributed by atoms with E-state index in [1.807, 2.05) is 0 Å². The molecule has 1 aliphatic heterocycles. The Hall–Kier alpha value is -1.80. The summed E-state index contributed by atoms with van der Waals surface area (Å²) in [6.07, 6.45) is 1.16. The number of rotatable bonds is 5. The highest BCUT2D eigenvalue weighted by molar-refractivity contribution is 5.61. The van der Waals surface area contributed by atoms with E-state index in [1.165, 1.54) is 22.4 Å². The molecule has 0 spiro atoms. The summed E-state index contributed by atoms with van der Waals surface area (Å²) in [5.74, 6) is 0.543. The molecule has 0 bridgehead atoms. The summed E-state index contributed by atoms with van der Waals surface area (Å²) in [7, 11) is 0. The van der Waals surface area contributed by atoms with E-state index in [0.29, 0.717) is 5.92 Å². The van der Waals surface area contributed by atoms with Gasteiger partial charge in [-0.05, 0) is 29.0 Å². The van der Waals surface area contributed by atoms with E-state index in [9.17, 15) is 0 Å². The zero-order valence-corrected chi connectivity index (χ0v) is 12.0. The monoisotopic (exact) mass is 266 g/mol. The van der Waals surface area contributed by atoms with Crippen molar-refractivity contribution in [3.8, 4) is 0 Å². The van der Waals surface area contributed by atoms with Crippen LogP contribution in [-0.4, -0.2) is 13.1 Å². The van der Waals surface area contributed by atoms with Gasteiger partial charge in [0.1, 0.15) is 0 Å². The highest BCUT2D eigenvalue weighted by Gasteiger charge is 2.13. The molecular weight excluding hydrogens is 244 g/mol. The molecule has 0 saturated heterocycles. The molecule has 3 rings (SSSR count). The van der Waals surface area contributed by atoms with Gasteiger partial charge in [-0.1, -0.05) is 55.5 Å². The van der Waals surface area contributed by atoms with Crippen LogP contribution in [-0.2, 0) is 13.0 Å². The average molecular weight is 266 g/mol. The molecule has 2 aromatic rings. The van der Waals surface area contributed by atoms with Crippen LogP contribution in [0.5, 0.6) is 0 Å². The molecule has 104 valence electrons. The van der Waals surface area contributed by atoms with Crippen LogP contribution in [0.3, 0.4) is 0 Å². The fourth-order valence-electron chi connectivity index (χ4n) is 2.88. The number of nitrogens with one attached hydrogen (secondary N) is 2. The molecule has 0 fully saturated rings. The molecule has 0 aliphatic carbocycles. The topological polar surface area (TPSA) is 24.1 Å². The molecule has 1 aliphatic rings. The van der Waals surface area contributed by atoms with Crippen molar-refractivity contribution in [2.45, 2.75) is 25.8 Å². The smallest absolute Gasteiger partial charge is 0.0419 e. The summed E-state index contributed by atoms with van der Waals surface area (Å²) in [4.78, 5) is 0. The van der Waals surface area contributed by atoms with Crippen LogP contribution >= 0.6 is 0 Å². The lowest BCUT2D eigenvalue weighted by atomic mass is 10.0. The third kappa shape index (κ3) is 2.86. The average Bonchev–Trinajstić information content (AvgIpc) is 2.97. The predicted molar refractivity (Wildman–Crippen MR) is 85.2 cm³/mol. The summed E-state index contributed by atoms with van der Waals surface area (Å²) in [5, 5.41) is 7.09. The normalized spacial score (nSPS) is 14.7. The van der Waals surface area contributed by atoms with Crippen LogP contribution in [0.4, 0.5) is 5.69 Å². The first-order chi connectivity index (χ1) is 9.84. The van der Waals surface area contributed by atoms with Gasteiger partial charge in [-0.2, -0.15) is 0 Å². The van der Waals surface area contributed by atoms with Gasteiger partial charge in [-0.25, -0.2) is 0 Å². The summed E-state index contributed by atoms with van der Waals surface area (Å²) in [6.45, 7) is 5.30. The fourth-order valence-corrected chi connectivity index (χ4v) is 2.88. The molecule has 2 nitrogen and oxygen atoms in total. The molecule has 0 amide bonds. The number of anilines is 1. The van der Waals surface area contributed by atoms with E-state index in [-0.39, 0.29) is 0 Å². The highest BCUT2D eigenvalue weighted by Crippen LogP contribution is 2.26. The van der Waals surface area contributed by atoms with Gasteiger partial charge in [-0.15, -0.1) is 0 Å². The van der Waals surface area contributed by atoms with Crippen molar-refractivity contribution >= 4 is 5.69 Å². The van der Waals surface area contributed by atoms with E-state index < -0.39 is 0 Å². The van der Waals surface area contributed by atoms with Gasteiger partial charge in [0.15, 0.2) is 0 Å². The first-order valence-electron chi connectivity index (χ1n) is 7.45. The van der Waals surface area contributed by atoms with Crippen molar-refractivity contribution in [3.63, 3.8) is 0 Å². The van der Waals surface area contributed by atoms with Crippen LogP contribution in [0, 0.1) is 0 Å². The highest BCUT2D eigenvalue weighted by atomic mass is 14.9. The molecule has 0 saturated carbocycles. The Bertz CT molecular complexity index is 563. The maximum absolute atomic E-state index is 3.59. The quantitative estimate of drug-likeness (QED) is 0.865. The molecule has 1 atom stereocenters. The third-order valence-corrected chi connectivity index (χ3v) is 4.07. The lowest BCUT2D eigenvalue weighted by molar-refractivity contribution is 0.616. The van der Waals surface area contributed by atoms with Gasteiger partial charge in [0.05, 0.1) is 0 Å². The van der Waals surface area contributed by atoms with Crippen molar-refractivity contribution in [2.75, 3.05) is 18.4 Å². The third-order valence-electron chi connectivity index (χ3n) is 4.07. The maximum atomic E-state index is 3.59. The Morgan fingerprint density at radius 1 is 1.10 bits per heavy atom. The number of fused-ring (bicyclic) bond motifs is 1. The van der Waals surface area contributed by atoms with Crippen LogP contribution in [0.1, 0.15) is 29.5 Å². The van der Waals surface area contributed by atoms with Crippen LogP contribution in [0.25, 0.3) is 0 Å². The molecule has 2 N–H and O–H groups in total. The lowest BCUT2D eigenvalue weighted by Gasteiger charge is -2.14. The minimum absolute atomic E-state index is 0.543. The Balaban J connectivity index is 1.57. The van der Waals surface area contributed by atoms with Gasteiger partial charge in [0, 0.05) is 25.3 Å². The van der Waals surface area contributed by atoms with Crippen molar-refractivity contribution in [2.24, 2.45) is 0 Å². The SMILES string of the molecule is CC(CNCc1cccc2c1NCC2)c1ccccc1. The Labute approximate surface area is 121 Å². The van der Waals surface area contributed by atoms with E-state index in [1.54, 1.807) is 0 Å². The van der Waals surface area contributed by atoms with Gasteiger partial charge in [0.2, 0.25) is 0 Å². The van der Waals surface area contributed by atoms with Crippen molar-refractivity contribution < 1.29 is 0 Å². The van der Waals surface area contributed by atoms with Gasteiger partial charge in [0.25, 0.3) is 0 Å². The first kappa shape index (κ1) is 13.2. The second kappa shape index (κ2) is 6.10. The number of hydrogen-bond acceptors (Lipinski definition) is 2. The van der Waals surface area contributed by atoms with E-state index in [0.717, 1.165) is 26.1 Å². The maximum Gasteiger partial charge on any atom is 0.0419 e. The lowest BCUT2D eigenvalue weighted by Crippen LogP contribution is -2.20. The number of para-hydroxylation sites is 1. The van der Waals surface area contributed by atoms with Crippen molar-refractivity contribution in [1.82, 2.24) is 5.32 Å². The first-order valence-corrected chi connectivity index (χ1v) is 7.45. The number of benzene rings is 2. The zero-order chi connectivity index (χ0) is 13.8. The minimum atomic E-state index is 0.543. The summed E-state index contributed by atoms with van der Waals surface area (Å²) in [6, 6.07) is 17.3. The second-order valence-electron chi connectivity index (χ2n) is 5.57. The predicted octanol–water partition coefficient (Wildman–Crippen LogP) is 3.55. The Kier molecular flexibility index (Phi) is 4.03. The van der Waals surface area contributed by atoms with Crippen molar-refractivity contribution in [1.29, 1.82) is 0 Å². The molecule has 1 heterocycles. The standard InChI is InChI=1S/C18H22N2/c1-14(15-6-3-2-4-7-15)12-19-13-17-9-5-8-16-10-11-20-18(16)17/h2-9,14,19-20H,10-13H2,1H3. The van der Waals surface area contributed by atoms with Crippen LogP contribution < -0.4 is 10.6 Å². The van der Waals surface area contributed by atoms with Crippen LogP contribution in [0.2, 0.25) is 0 Å². The molecule has 2 aromatic carbocycles. The Morgan fingerprint density at radius 2 is 1.95 bits per heavy atom. The van der Waals surface area contributed by atoms with E-state index in [2.05, 4.69) is 66.1 Å².